The van der Waals surface area contributed by atoms with E-state index >= 15 is 0 Å². The van der Waals surface area contributed by atoms with E-state index in [0.29, 0.717) is 0 Å². The molecule has 0 unspecified atom stereocenters. The van der Waals surface area contributed by atoms with E-state index in [2.05, 4.69) is 48.1 Å². The second kappa shape index (κ2) is 5.89. The van der Waals surface area contributed by atoms with Crippen molar-refractivity contribution in [1.29, 1.82) is 0 Å². The molecular weight excluding hydrogens is 236 g/mol. The molecule has 2 rings (SSSR count). The maximum absolute atomic E-state index is 5.98. The van der Waals surface area contributed by atoms with Gasteiger partial charge in [0.25, 0.3) is 0 Å². The van der Waals surface area contributed by atoms with E-state index in [4.69, 9.17) is 5.73 Å². The highest BCUT2D eigenvalue weighted by molar-refractivity contribution is 5.98. The van der Waals surface area contributed by atoms with E-state index in [1.165, 1.54) is 5.69 Å². The van der Waals surface area contributed by atoms with Crippen LogP contribution in [0.15, 0.2) is 30.5 Å². The molecule has 0 saturated heterocycles. The van der Waals surface area contributed by atoms with Crippen molar-refractivity contribution in [2.45, 2.75) is 6.42 Å². The van der Waals surface area contributed by atoms with Gasteiger partial charge in [0.15, 0.2) is 0 Å². The number of nitrogens with two attached hydrogens (primary N) is 1. The first kappa shape index (κ1) is 13.6. The van der Waals surface area contributed by atoms with Gasteiger partial charge in [0, 0.05) is 30.9 Å². The Hall–Kier alpha value is -1.81. The molecule has 0 radical (unpaired) electrons. The van der Waals surface area contributed by atoms with E-state index in [0.717, 1.165) is 36.1 Å². The zero-order valence-electron chi connectivity index (χ0n) is 11.9. The SMILES string of the molecule is CN(C)CCCN(C)c1ccc(N)c2ncccc12. The Morgan fingerprint density at radius 3 is 2.63 bits per heavy atom. The lowest BCUT2D eigenvalue weighted by atomic mass is 10.1. The molecule has 0 fully saturated rings. The summed E-state index contributed by atoms with van der Waals surface area (Å²) in [4.78, 5) is 8.85. The Bertz CT molecular complexity index is 551. The lowest BCUT2D eigenvalue weighted by molar-refractivity contribution is 0.402. The number of anilines is 2. The standard InChI is InChI=1S/C15H22N4/c1-18(2)10-5-11-19(3)14-8-7-13(16)15-12(14)6-4-9-17-15/h4,6-9H,5,10-11,16H2,1-3H3. The van der Waals surface area contributed by atoms with E-state index in [1.54, 1.807) is 6.20 Å². The maximum Gasteiger partial charge on any atom is 0.0951 e. The topological polar surface area (TPSA) is 45.4 Å². The highest BCUT2D eigenvalue weighted by atomic mass is 15.1. The van der Waals surface area contributed by atoms with Crippen molar-refractivity contribution in [3.63, 3.8) is 0 Å². The second-order valence-electron chi connectivity index (χ2n) is 5.15. The normalized spacial score (nSPS) is 11.2. The molecule has 4 heteroatoms. The number of nitrogens with zero attached hydrogens (tertiary/aromatic N) is 3. The van der Waals surface area contributed by atoms with E-state index in [1.807, 2.05) is 12.1 Å². The molecule has 0 saturated carbocycles. The predicted octanol–water partition coefficient (Wildman–Crippen LogP) is 2.20. The van der Waals surface area contributed by atoms with Crippen molar-refractivity contribution in [1.82, 2.24) is 9.88 Å². The van der Waals surface area contributed by atoms with Crippen LogP contribution in [0, 0.1) is 0 Å². The second-order valence-corrected chi connectivity index (χ2v) is 5.15. The molecule has 1 aromatic carbocycles. The number of hydrogen-bond acceptors (Lipinski definition) is 4. The minimum absolute atomic E-state index is 0.737. The van der Waals surface area contributed by atoms with Crippen LogP contribution in [0.5, 0.6) is 0 Å². The maximum atomic E-state index is 5.98. The van der Waals surface area contributed by atoms with Gasteiger partial charge in [-0.1, -0.05) is 0 Å². The van der Waals surface area contributed by atoms with Crippen molar-refractivity contribution in [3.8, 4) is 0 Å². The van der Waals surface area contributed by atoms with Gasteiger partial charge in [-0.25, -0.2) is 0 Å². The van der Waals surface area contributed by atoms with Gasteiger partial charge in [0.1, 0.15) is 0 Å². The summed E-state index contributed by atoms with van der Waals surface area (Å²) >= 11 is 0. The largest absolute Gasteiger partial charge is 0.397 e. The summed E-state index contributed by atoms with van der Waals surface area (Å²) < 4.78 is 0. The lowest BCUT2D eigenvalue weighted by Gasteiger charge is -2.22. The molecule has 0 aliphatic heterocycles. The van der Waals surface area contributed by atoms with Crippen molar-refractivity contribution in [2.24, 2.45) is 0 Å². The Labute approximate surface area is 114 Å². The fourth-order valence-electron chi connectivity index (χ4n) is 2.26. The molecule has 1 aromatic heterocycles. The fraction of sp³-hybridized carbons (Fsp3) is 0.400. The lowest BCUT2D eigenvalue weighted by Crippen LogP contribution is -2.23. The molecule has 0 aliphatic rings. The van der Waals surface area contributed by atoms with Crippen molar-refractivity contribution in [2.75, 3.05) is 44.9 Å². The van der Waals surface area contributed by atoms with Crippen molar-refractivity contribution >= 4 is 22.3 Å². The van der Waals surface area contributed by atoms with Gasteiger partial charge in [0.2, 0.25) is 0 Å². The van der Waals surface area contributed by atoms with E-state index < -0.39 is 0 Å². The van der Waals surface area contributed by atoms with Crippen LogP contribution in [0.4, 0.5) is 11.4 Å². The summed E-state index contributed by atoms with van der Waals surface area (Å²) in [5, 5.41) is 1.12. The molecule has 1 heterocycles. The molecule has 102 valence electrons. The average molecular weight is 258 g/mol. The zero-order chi connectivity index (χ0) is 13.8. The van der Waals surface area contributed by atoms with Gasteiger partial charge in [-0.2, -0.15) is 0 Å². The number of hydrogen-bond donors (Lipinski definition) is 1. The minimum Gasteiger partial charge on any atom is -0.397 e. The Balaban J connectivity index is 2.22. The summed E-state index contributed by atoms with van der Waals surface area (Å²) in [5.74, 6) is 0. The molecule has 4 nitrogen and oxygen atoms in total. The van der Waals surface area contributed by atoms with Crippen LogP contribution < -0.4 is 10.6 Å². The van der Waals surface area contributed by atoms with E-state index in [9.17, 15) is 0 Å². The number of rotatable bonds is 5. The molecule has 0 spiro atoms. The van der Waals surface area contributed by atoms with Crippen LogP contribution >= 0.6 is 0 Å². The summed E-state index contributed by atoms with van der Waals surface area (Å²) in [7, 11) is 6.32. The Kier molecular flexibility index (Phi) is 4.22. The van der Waals surface area contributed by atoms with Crippen LogP contribution in [0.2, 0.25) is 0 Å². The van der Waals surface area contributed by atoms with Crippen LogP contribution in [-0.2, 0) is 0 Å². The summed E-state index contributed by atoms with van der Waals surface area (Å²) in [6, 6.07) is 8.05. The third-order valence-electron chi connectivity index (χ3n) is 3.29. The first-order valence-corrected chi connectivity index (χ1v) is 6.58. The molecule has 2 aromatic rings. The first-order chi connectivity index (χ1) is 9.09. The molecule has 0 bridgehead atoms. The summed E-state index contributed by atoms with van der Waals surface area (Å²) in [6.07, 6.45) is 2.92. The van der Waals surface area contributed by atoms with Crippen LogP contribution in [0.3, 0.4) is 0 Å². The molecule has 0 aliphatic carbocycles. The molecule has 0 atom stereocenters. The predicted molar refractivity (Wildman–Crippen MR) is 82.6 cm³/mol. The van der Waals surface area contributed by atoms with Crippen molar-refractivity contribution < 1.29 is 0 Å². The Morgan fingerprint density at radius 1 is 1.11 bits per heavy atom. The van der Waals surface area contributed by atoms with Crippen molar-refractivity contribution in [3.05, 3.63) is 30.5 Å². The van der Waals surface area contributed by atoms with Gasteiger partial charge in [0.05, 0.1) is 11.2 Å². The minimum atomic E-state index is 0.737. The van der Waals surface area contributed by atoms with Gasteiger partial charge in [-0.15, -0.1) is 0 Å². The summed E-state index contributed by atoms with van der Waals surface area (Å²) in [6.45, 7) is 2.11. The number of aromatic nitrogens is 1. The van der Waals surface area contributed by atoms with Crippen LogP contribution in [-0.4, -0.2) is 44.1 Å². The van der Waals surface area contributed by atoms with E-state index in [-0.39, 0.29) is 0 Å². The van der Waals surface area contributed by atoms with Gasteiger partial charge >= 0.3 is 0 Å². The number of nitrogen functional groups attached to an aromatic ring is 1. The highest BCUT2D eigenvalue weighted by Gasteiger charge is 2.08. The van der Waals surface area contributed by atoms with Gasteiger partial charge in [-0.3, -0.25) is 4.98 Å². The summed E-state index contributed by atoms with van der Waals surface area (Å²) in [5.41, 5.74) is 8.79. The highest BCUT2D eigenvalue weighted by Crippen LogP contribution is 2.28. The quantitative estimate of drug-likeness (QED) is 0.835. The fourth-order valence-corrected chi connectivity index (χ4v) is 2.26. The average Bonchev–Trinajstić information content (AvgIpc) is 2.39. The third kappa shape index (κ3) is 3.15. The molecule has 2 N–H and O–H groups in total. The molecular formula is C15H22N4. The number of benzene rings is 1. The Morgan fingerprint density at radius 2 is 1.89 bits per heavy atom. The van der Waals surface area contributed by atoms with Crippen LogP contribution in [0.25, 0.3) is 10.9 Å². The number of fused-ring (bicyclic) bond motifs is 1. The number of pyridine rings is 1. The monoisotopic (exact) mass is 258 g/mol. The zero-order valence-corrected chi connectivity index (χ0v) is 11.9. The first-order valence-electron chi connectivity index (χ1n) is 6.58. The van der Waals surface area contributed by atoms with Gasteiger partial charge in [-0.05, 0) is 51.3 Å². The van der Waals surface area contributed by atoms with Gasteiger partial charge < -0.3 is 15.5 Å². The third-order valence-corrected chi connectivity index (χ3v) is 3.29. The molecule has 0 amide bonds. The smallest absolute Gasteiger partial charge is 0.0951 e. The molecule has 19 heavy (non-hydrogen) atoms. The van der Waals surface area contributed by atoms with Crippen LogP contribution in [0.1, 0.15) is 6.42 Å².